The van der Waals surface area contributed by atoms with Crippen LogP contribution in [0, 0.1) is 6.92 Å². The van der Waals surface area contributed by atoms with Crippen LogP contribution < -0.4 is 0 Å². The second-order valence-electron chi connectivity index (χ2n) is 3.50. The van der Waals surface area contributed by atoms with Crippen LogP contribution >= 0.6 is 11.8 Å². The summed E-state index contributed by atoms with van der Waals surface area (Å²) in [5.41, 5.74) is 2.49. The van der Waals surface area contributed by atoms with Crippen molar-refractivity contribution in [3.05, 3.63) is 35.4 Å². The van der Waals surface area contributed by atoms with Crippen LogP contribution in [0.1, 0.15) is 18.1 Å². The smallest absolute Gasteiger partial charge is 0.0670 e. The van der Waals surface area contributed by atoms with Crippen LogP contribution in [0.4, 0.5) is 0 Å². The summed E-state index contributed by atoms with van der Waals surface area (Å²) >= 11 is 1.79. The molecule has 1 nitrogen and oxygen atoms in total. The molecule has 0 fully saturated rings. The van der Waals surface area contributed by atoms with E-state index in [1.165, 1.54) is 11.1 Å². The lowest BCUT2D eigenvalue weighted by atomic mass is 10.1. The van der Waals surface area contributed by atoms with Crippen molar-refractivity contribution in [1.29, 1.82) is 0 Å². The van der Waals surface area contributed by atoms with Gasteiger partial charge in [-0.2, -0.15) is 11.8 Å². The first kappa shape index (κ1) is 11.6. The minimum Gasteiger partial charge on any atom is -0.392 e. The maximum absolute atomic E-state index is 9.68. The Balaban J connectivity index is 2.39. The van der Waals surface area contributed by atoms with Crippen molar-refractivity contribution >= 4 is 11.8 Å². The van der Waals surface area contributed by atoms with Crippen LogP contribution in [0.2, 0.25) is 0 Å². The largest absolute Gasteiger partial charge is 0.392 e. The molecule has 0 heterocycles. The Kier molecular flexibility index (Phi) is 5.05. The van der Waals surface area contributed by atoms with Gasteiger partial charge in [0.1, 0.15) is 0 Å². The van der Waals surface area contributed by atoms with Crippen molar-refractivity contribution in [2.75, 3.05) is 11.5 Å². The summed E-state index contributed by atoms with van der Waals surface area (Å²) in [4.78, 5) is 0. The quantitative estimate of drug-likeness (QED) is 0.806. The number of hydrogen-bond acceptors (Lipinski definition) is 2. The van der Waals surface area contributed by atoms with E-state index in [0.29, 0.717) is 0 Å². The van der Waals surface area contributed by atoms with E-state index in [9.17, 15) is 5.11 Å². The lowest BCUT2D eigenvalue weighted by Gasteiger charge is -2.09. The zero-order chi connectivity index (χ0) is 10.4. The summed E-state index contributed by atoms with van der Waals surface area (Å²) in [6.45, 7) is 4.19. The summed E-state index contributed by atoms with van der Waals surface area (Å²) in [5.74, 6) is 1.91. The molecule has 0 aromatic heterocycles. The molecule has 0 saturated carbocycles. The summed E-state index contributed by atoms with van der Waals surface area (Å²) < 4.78 is 0. The van der Waals surface area contributed by atoms with Crippen LogP contribution in [-0.4, -0.2) is 22.7 Å². The predicted octanol–water partition coefficient (Wildman–Crippen LogP) is 2.65. The van der Waals surface area contributed by atoms with Gasteiger partial charge in [0.25, 0.3) is 0 Å². The Morgan fingerprint density at radius 1 is 1.29 bits per heavy atom. The molecule has 0 aliphatic rings. The van der Waals surface area contributed by atoms with Crippen LogP contribution in [0.15, 0.2) is 24.3 Å². The number of benzene rings is 1. The molecule has 0 spiro atoms. The van der Waals surface area contributed by atoms with E-state index in [-0.39, 0.29) is 6.10 Å². The third kappa shape index (κ3) is 4.16. The standard InChI is InChI=1S/C12H18OS/c1-3-14-9-12(13)8-11-6-4-10(2)5-7-11/h4-7,12-13H,3,8-9H2,1-2H3. The molecule has 0 aliphatic heterocycles. The van der Waals surface area contributed by atoms with E-state index in [1.54, 1.807) is 11.8 Å². The van der Waals surface area contributed by atoms with E-state index < -0.39 is 0 Å². The van der Waals surface area contributed by atoms with Crippen LogP contribution in [0.25, 0.3) is 0 Å². The highest BCUT2D eigenvalue weighted by Crippen LogP contribution is 2.09. The maximum Gasteiger partial charge on any atom is 0.0670 e. The Bertz CT molecular complexity index is 256. The van der Waals surface area contributed by atoms with E-state index >= 15 is 0 Å². The van der Waals surface area contributed by atoms with Crippen LogP contribution in [-0.2, 0) is 6.42 Å². The molecule has 1 aromatic rings. The van der Waals surface area contributed by atoms with Crippen molar-refractivity contribution < 1.29 is 5.11 Å². The topological polar surface area (TPSA) is 20.2 Å². The molecule has 1 atom stereocenters. The van der Waals surface area contributed by atoms with Gasteiger partial charge >= 0.3 is 0 Å². The van der Waals surface area contributed by atoms with Gasteiger partial charge in [0.15, 0.2) is 0 Å². The monoisotopic (exact) mass is 210 g/mol. The molecule has 1 rings (SSSR count). The molecular formula is C12H18OS. The van der Waals surface area contributed by atoms with Gasteiger partial charge in [0.2, 0.25) is 0 Å². The first-order valence-electron chi connectivity index (χ1n) is 5.03. The summed E-state index contributed by atoms with van der Waals surface area (Å²) in [7, 11) is 0. The highest BCUT2D eigenvalue weighted by Gasteiger charge is 2.04. The number of aryl methyl sites for hydroxylation is 1. The summed E-state index contributed by atoms with van der Waals surface area (Å²) in [6.07, 6.45) is 0.565. The number of aliphatic hydroxyl groups excluding tert-OH is 1. The van der Waals surface area contributed by atoms with Crippen LogP contribution in [0.3, 0.4) is 0 Å². The normalized spacial score (nSPS) is 12.8. The van der Waals surface area contributed by atoms with Crippen LogP contribution in [0.5, 0.6) is 0 Å². The SMILES string of the molecule is CCSCC(O)Cc1ccc(C)cc1. The Hall–Kier alpha value is -0.470. The molecule has 14 heavy (non-hydrogen) atoms. The lowest BCUT2D eigenvalue weighted by molar-refractivity contribution is 0.200. The fourth-order valence-corrected chi connectivity index (χ4v) is 1.93. The van der Waals surface area contributed by atoms with Gasteiger partial charge in [0.05, 0.1) is 6.10 Å². The summed E-state index contributed by atoms with van der Waals surface area (Å²) in [6, 6.07) is 8.37. The average Bonchev–Trinajstić information content (AvgIpc) is 2.18. The van der Waals surface area contributed by atoms with Gasteiger partial charge in [-0.25, -0.2) is 0 Å². The zero-order valence-corrected chi connectivity index (χ0v) is 9.68. The number of rotatable bonds is 5. The number of hydrogen-bond donors (Lipinski definition) is 1. The molecule has 1 unspecified atom stereocenters. The molecule has 0 aliphatic carbocycles. The molecule has 1 aromatic carbocycles. The second kappa shape index (κ2) is 6.10. The van der Waals surface area contributed by atoms with Gasteiger partial charge in [0, 0.05) is 5.75 Å². The van der Waals surface area contributed by atoms with E-state index in [1.807, 2.05) is 0 Å². The Morgan fingerprint density at radius 2 is 1.93 bits per heavy atom. The molecule has 1 N–H and O–H groups in total. The lowest BCUT2D eigenvalue weighted by Crippen LogP contribution is -2.13. The highest BCUT2D eigenvalue weighted by molar-refractivity contribution is 7.99. The van der Waals surface area contributed by atoms with Gasteiger partial charge < -0.3 is 5.11 Å². The fourth-order valence-electron chi connectivity index (χ4n) is 1.31. The van der Waals surface area contributed by atoms with Gasteiger partial charge in [-0.15, -0.1) is 0 Å². The van der Waals surface area contributed by atoms with Gasteiger partial charge in [-0.05, 0) is 24.7 Å². The third-order valence-corrected chi connectivity index (χ3v) is 3.14. The predicted molar refractivity (Wildman–Crippen MR) is 63.9 cm³/mol. The van der Waals surface area contributed by atoms with E-state index in [0.717, 1.165) is 17.9 Å². The molecule has 0 saturated heterocycles. The van der Waals surface area contributed by atoms with Gasteiger partial charge in [-0.1, -0.05) is 36.8 Å². The Labute approximate surface area is 90.5 Å². The van der Waals surface area contributed by atoms with Crippen molar-refractivity contribution in [3.63, 3.8) is 0 Å². The minimum atomic E-state index is -0.206. The third-order valence-electron chi connectivity index (χ3n) is 2.11. The number of thioether (sulfide) groups is 1. The average molecular weight is 210 g/mol. The van der Waals surface area contributed by atoms with E-state index in [2.05, 4.69) is 38.1 Å². The first-order valence-corrected chi connectivity index (χ1v) is 6.19. The maximum atomic E-state index is 9.68. The van der Waals surface area contributed by atoms with Gasteiger partial charge in [-0.3, -0.25) is 0 Å². The number of aliphatic hydroxyl groups is 1. The summed E-state index contributed by atoms with van der Waals surface area (Å²) in [5, 5.41) is 9.68. The molecule has 0 amide bonds. The van der Waals surface area contributed by atoms with Crippen molar-refractivity contribution in [2.24, 2.45) is 0 Å². The second-order valence-corrected chi connectivity index (χ2v) is 4.82. The van der Waals surface area contributed by atoms with E-state index in [4.69, 9.17) is 0 Å². The van der Waals surface area contributed by atoms with Crippen molar-refractivity contribution in [1.82, 2.24) is 0 Å². The van der Waals surface area contributed by atoms with Crippen molar-refractivity contribution in [2.45, 2.75) is 26.4 Å². The zero-order valence-electron chi connectivity index (χ0n) is 8.86. The van der Waals surface area contributed by atoms with Crippen molar-refractivity contribution in [3.8, 4) is 0 Å². The minimum absolute atomic E-state index is 0.206. The molecule has 0 radical (unpaired) electrons. The fraction of sp³-hybridized carbons (Fsp3) is 0.500. The highest BCUT2D eigenvalue weighted by atomic mass is 32.2. The molecular weight excluding hydrogens is 192 g/mol. The first-order chi connectivity index (χ1) is 6.72. The Morgan fingerprint density at radius 3 is 2.50 bits per heavy atom. The molecule has 0 bridgehead atoms. The molecule has 2 heteroatoms. The molecule has 78 valence electrons.